The monoisotopic (exact) mass is 321 g/mol. The Kier molecular flexibility index (Phi) is 5.02. The molecule has 0 N–H and O–H groups in total. The van der Waals surface area contributed by atoms with Crippen molar-refractivity contribution in [2.45, 2.75) is 6.92 Å². The normalized spacial score (nSPS) is 15.1. The van der Waals surface area contributed by atoms with E-state index >= 15 is 0 Å². The van der Waals surface area contributed by atoms with Crippen molar-refractivity contribution in [1.82, 2.24) is 4.90 Å². The number of nitriles is 1. The van der Waals surface area contributed by atoms with Gasteiger partial charge in [-0.2, -0.15) is 5.26 Å². The second kappa shape index (κ2) is 7.37. The highest BCUT2D eigenvalue weighted by Crippen LogP contribution is 2.37. The summed E-state index contributed by atoms with van der Waals surface area (Å²) in [7, 11) is 1.63. The summed E-state index contributed by atoms with van der Waals surface area (Å²) in [6.07, 6.45) is 0. The number of rotatable bonds is 4. The fourth-order valence-electron chi connectivity index (χ4n) is 3.25. The van der Waals surface area contributed by atoms with Crippen LogP contribution in [0.4, 0.5) is 5.69 Å². The Morgan fingerprint density at radius 3 is 2.38 bits per heavy atom. The lowest BCUT2D eigenvalue weighted by Gasteiger charge is -2.36. The maximum atomic E-state index is 9.57. The summed E-state index contributed by atoms with van der Waals surface area (Å²) < 4.78 is 5.55. The molecule has 0 aromatic heterocycles. The first-order valence-corrected chi connectivity index (χ1v) is 8.41. The first kappa shape index (κ1) is 16.4. The quantitative estimate of drug-likeness (QED) is 0.865. The highest BCUT2D eigenvalue weighted by atomic mass is 16.5. The van der Waals surface area contributed by atoms with Gasteiger partial charge in [0.05, 0.1) is 12.7 Å². The maximum Gasteiger partial charge on any atom is 0.144 e. The summed E-state index contributed by atoms with van der Waals surface area (Å²) in [6.45, 7) is 7.38. The van der Waals surface area contributed by atoms with Crippen LogP contribution in [-0.4, -0.2) is 44.7 Å². The van der Waals surface area contributed by atoms with Crippen LogP contribution in [-0.2, 0) is 0 Å². The lowest BCUT2D eigenvalue weighted by atomic mass is 10.00. The average molecular weight is 321 g/mol. The van der Waals surface area contributed by atoms with Gasteiger partial charge in [0.15, 0.2) is 0 Å². The fraction of sp³-hybridized carbons (Fsp3) is 0.350. The van der Waals surface area contributed by atoms with Gasteiger partial charge in [0.25, 0.3) is 0 Å². The van der Waals surface area contributed by atoms with Gasteiger partial charge in [-0.1, -0.05) is 37.3 Å². The fourth-order valence-corrected chi connectivity index (χ4v) is 3.25. The van der Waals surface area contributed by atoms with Gasteiger partial charge in [-0.25, -0.2) is 0 Å². The third-order valence-electron chi connectivity index (χ3n) is 4.67. The topological polar surface area (TPSA) is 39.5 Å². The molecule has 124 valence electrons. The van der Waals surface area contributed by atoms with Crippen molar-refractivity contribution in [2.24, 2.45) is 0 Å². The molecule has 2 aromatic rings. The summed E-state index contributed by atoms with van der Waals surface area (Å²) in [5, 5.41) is 9.57. The second-order valence-corrected chi connectivity index (χ2v) is 5.97. The maximum absolute atomic E-state index is 9.57. The Balaban J connectivity index is 2.01. The Hall–Kier alpha value is -2.51. The summed E-state index contributed by atoms with van der Waals surface area (Å²) in [5.74, 6) is 0.652. The molecule has 0 amide bonds. The van der Waals surface area contributed by atoms with Crippen LogP contribution in [0, 0.1) is 11.3 Å². The second-order valence-electron chi connectivity index (χ2n) is 5.97. The molecule has 0 spiro atoms. The molecule has 1 aliphatic rings. The first-order valence-electron chi connectivity index (χ1n) is 8.41. The number of methoxy groups -OCH3 is 1. The standard InChI is InChI=1S/C20H23N3O/c1-3-22-9-11-23(12-10-22)18-13-17(15-21)20(24-2)19(14-18)16-7-5-4-6-8-16/h4-8,13-14H,3,9-12H2,1-2H3. The zero-order valence-corrected chi connectivity index (χ0v) is 14.3. The van der Waals surface area contributed by atoms with Gasteiger partial charge in [0.2, 0.25) is 0 Å². The van der Waals surface area contributed by atoms with Crippen LogP contribution >= 0.6 is 0 Å². The molecular formula is C20H23N3O. The first-order chi connectivity index (χ1) is 11.8. The molecule has 1 aliphatic heterocycles. The van der Waals surface area contributed by atoms with Gasteiger partial charge in [-0.05, 0) is 24.2 Å². The number of ether oxygens (including phenoxy) is 1. The zero-order valence-electron chi connectivity index (χ0n) is 14.3. The molecule has 2 aromatic carbocycles. The molecular weight excluding hydrogens is 298 g/mol. The molecule has 1 saturated heterocycles. The molecule has 0 atom stereocenters. The number of piperazine rings is 1. The minimum absolute atomic E-state index is 0.590. The minimum atomic E-state index is 0.590. The highest BCUT2D eigenvalue weighted by molar-refractivity contribution is 5.78. The van der Waals surface area contributed by atoms with Crippen LogP contribution in [0.1, 0.15) is 12.5 Å². The number of hydrogen-bond acceptors (Lipinski definition) is 4. The Morgan fingerprint density at radius 1 is 1.08 bits per heavy atom. The van der Waals surface area contributed by atoms with Crippen molar-refractivity contribution in [1.29, 1.82) is 5.26 Å². The van der Waals surface area contributed by atoms with Gasteiger partial charge in [-0.15, -0.1) is 0 Å². The van der Waals surface area contributed by atoms with E-state index in [1.165, 1.54) is 0 Å². The smallest absolute Gasteiger partial charge is 0.144 e. The number of benzene rings is 2. The molecule has 24 heavy (non-hydrogen) atoms. The molecule has 0 radical (unpaired) electrons. The van der Waals surface area contributed by atoms with Crippen LogP contribution in [0.5, 0.6) is 5.75 Å². The molecule has 0 saturated carbocycles. The van der Waals surface area contributed by atoms with E-state index in [4.69, 9.17) is 4.74 Å². The molecule has 0 bridgehead atoms. The predicted molar refractivity (Wildman–Crippen MR) is 97.5 cm³/mol. The minimum Gasteiger partial charge on any atom is -0.495 e. The molecule has 3 rings (SSSR count). The van der Waals surface area contributed by atoms with Crippen molar-refractivity contribution in [2.75, 3.05) is 44.7 Å². The van der Waals surface area contributed by atoms with E-state index in [0.717, 1.165) is 49.5 Å². The van der Waals surface area contributed by atoms with Crippen LogP contribution in [0.2, 0.25) is 0 Å². The average Bonchev–Trinajstić information content (AvgIpc) is 2.67. The lowest BCUT2D eigenvalue weighted by molar-refractivity contribution is 0.271. The van der Waals surface area contributed by atoms with Crippen LogP contribution in [0.3, 0.4) is 0 Å². The van der Waals surface area contributed by atoms with E-state index in [2.05, 4.69) is 41.0 Å². The van der Waals surface area contributed by atoms with E-state index in [-0.39, 0.29) is 0 Å². The number of hydrogen-bond donors (Lipinski definition) is 0. The SMILES string of the molecule is CCN1CCN(c2cc(C#N)c(OC)c(-c3ccccc3)c2)CC1. The van der Waals surface area contributed by atoms with Gasteiger partial charge in [0, 0.05) is 37.4 Å². The largest absolute Gasteiger partial charge is 0.495 e. The van der Waals surface area contributed by atoms with Gasteiger partial charge < -0.3 is 14.5 Å². The van der Waals surface area contributed by atoms with E-state index in [1.54, 1.807) is 7.11 Å². The van der Waals surface area contributed by atoms with Gasteiger partial charge >= 0.3 is 0 Å². The van der Waals surface area contributed by atoms with Crippen molar-refractivity contribution in [3.05, 3.63) is 48.0 Å². The lowest BCUT2D eigenvalue weighted by Crippen LogP contribution is -2.46. The Morgan fingerprint density at radius 2 is 1.79 bits per heavy atom. The molecule has 0 unspecified atom stereocenters. The predicted octanol–water partition coefficient (Wildman–Crippen LogP) is 3.38. The van der Waals surface area contributed by atoms with E-state index in [0.29, 0.717) is 11.3 Å². The third-order valence-corrected chi connectivity index (χ3v) is 4.67. The van der Waals surface area contributed by atoms with E-state index in [9.17, 15) is 5.26 Å². The van der Waals surface area contributed by atoms with E-state index < -0.39 is 0 Å². The molecule has 1 fully saturated rings. The number of likely N-dealkylation sites (N-methyl/N-ethyl adjacent to an activating group) is 1. The van der Waals surface area contributed by atoms with Crippen molar-refractivity contribution in [3.63, 3.8) is 0 Å². The summed E-state index contributed by atoms with van der Waals surface area (Å²) in [4.78, 5) is 4.81. The molecule has 4 heteroatoms. The van der Waals surface area contributed by atoms with Crippen LogP contribution in [0.25, 0.3) is 11.1 Å². The molecule has 1 heterocycles. The van der Waals surface area contributed by atoms with Crippen molar-refractivity contribution >= 4 is 5.69 Å². The summed E-state index contributed by atoms with van der Waals surface area (Å²) >= 11 is 0. The highest BCUT2D eigenvalue weighted by Gasteiger charge is 2.20. The van der Waals surface area contributed by atoms with Gasteiger partial charge in [-0.3, -0.25) is 0 Å². The third kappa shape index (κ3) is 3.22. The molecule has 0 aliphatic carbocycles. The Bertz CT molecular complexity index is 729. The van der Waals surface area contributed by atoms with Crippen molar-refractivity contribution < 1.29 is 4.74 Å². The van der Waals surface area contributed by atoms with Gasteiger partial charge in [0.1, 0.15) is 11.8 Å². The van der Waals surface area contributed by atoms with Crippen LogP contribution in [0.15, 0.2) is 42.5 Å². The number of anilines is 1. The Labute approximate surface area is 143 Å². The summed E-state index contributed by atoms with van der Waals surface area (Å²) in [6, 6.07) is 16.5. The van der Waals surface area contributed by atoms with E-state index in [1.807, 2.05) is 24.3 Å². The zero-order chi connectivity index (χ0) is 16.9. The molecule has 4 nitrogen and oxygen atoms in total. The number of nitrogens with zero attached hydrogens (tertiary/aromatic N) is 3. The van der Waals surface area contributed by atoms with Crippen LogP contribution < -0.4 is 9.64 Å². The summed E-state index contributed by atoms with van der Waals surface area (Å²) in [5.41, 5.74) is 3.73. The van der Waals surface area contributed by atoms with Crippen molar-refractivity contribution in [3.8, 4) is 22.9 Å².